The van der Waals surface area contributed by atoms with Crippen molar-refractivity contribution in [2.24, 2.45) is 4.99 Å². The second kappa shape index (κ2) is 4.07. The molecule has 2 heterocycles. The summed E-state index contributed by atoms with van der Waals surface area (Å²) in [5.74, 6) is 1.19. The van der Waals surface area contributed by atoms with E-state index in [-0.39, 0.29) is 0 Å². The summed E-state index contributed by atoms with van der Waals surface area (Å²) < 4.78 is 0. The first-order chi connectivity index (χ1) is 6.34. The Balaban J connectivity index is 1.80. The molecule has 2 N–H and O–H groups in total. The Morgan fingerprint density at radius 2 is 2.46 bits per heavy atom. The van der Waals surface area contributed by atoms with Crippen LogP contribution in [0.25, 0.3) is 0 Å². The summed E-state index contributed by atoms with van der Waals surface area (Å²) in [5.41, 5.74) is 0. The van der Waals surface area contributed by atoms with Crippen LogP contribution in [0.4, 0.5) is 0 Å². The number of amidine groups is 1. The van der Waals surface area contributed by atoms with E-state index < -0.39 is 0 Å². The Morgan fingerprint density at radius 3 is 3.15 bits per heavy atom. The first-order valence-corrected chi connectivity index (χ1v) is 5.04. The average molecular weight is 182 g/mol. The van der Waals surface area contributed by atoms with Gasteiger partial charge in [-0.3, -0.25) is 4.99 Å². The van der Waals surface area contributed by atoms with E-state index in [1.54, 1.807) is 0 Å². The average Bonchev–Trinajstić information content (AvgIpc) is 2.57. The lowest BCUT2D eigenvalue weighted by molar-refractivity contribution is 0.242. The van der Waals surface area contributed by atoms with E-state index in [0.717, 1.165) is 39.1 Å². The van der Waals surface area contributed by atoms with Gasteiger partial charge in [-0.2, -0.15) is 0 Å². The molecular formula is C9H18N4. The molecule has 2 rings (SSSR count). The summed E-state index contributed by atoms with van der Waals surface area (Å²) in [6.45, 7) is 5.39. The van der Waals surface area contributed by atoms with E-state index in [4.69, 9.17) is 0 Å². The zero-order valence-corrected chi connectivity index (χ0v) is 8.21. The molecule has 0 spiro atoms. The van der Waals surface area contributed by atoms with E-state index in [2.05, 4.69) is 27.6 Å². The molecule has 0 aliphatic carbocycles. The molecule has 1 atom stereocenters. The third-order valence-corrected chi connectivity index (χ3v) is 2.64. The first-order valence-electron chi connectivity index (χ1n) is 5.04. The Labute approximate surface area is 79.4 Å². The predicted molar refractivity (Wildman–Crippen MR) is 54.2 cm³/mol. The smallest absolute Gasteiger partial charge is 0.0980 e. The third kappa shape index (κ3) is 2.42. The molecule has 1 unspecified atom stereocenters. The molecule has 2 aliphatic rings. The maximum atomic E-state index is 4.40. The molecule has 0 saturated carbocycles. The standard InChI is InChI=1S/C9H18N4/c1-13-5-4-10-8(7-13)6-9-11-2-3-12-9/h8,10H,2-7H2,1H3,(H,11,12). The second-order valence-electron chi connectivity index (χ2n) is 3.87. The van der Waals surface area contributed by atoms with Gasteiger partial charge in [0.05, 0.1) is 12.4 Å². The highest BCUT2D eigenvalue weighted by atomic mass is 15.2. The number of nitrogens with zero attached hydrogens (tertiary/aromatic N) is 2. The maximum Gasteiger partial charge on any atom is 0.0980 e. The fourth-order valence-electron chi connectivity index (χ4n) is 1.95. The van der Waals surface area contributed by atoms with Crippen molar-refractivity contribution in [2.45, 2.75) is 12.5 Å². The van der Waals surface area contributed by atoms with Crippen LogP contribution in [0, 0.1) is 0 Å². The maximum absolute atomic E-state index is 4.40. The van der Waals surface area contributed by atoms with Gasteiger partial charge in [-0.25, -0.2) is 0 Å². The molecule has 0 amide bonds. The van der Waals surface area contributed by atoms with E-state index in [9.17, 15) is 0 Å². The highest BCUT2D eigenvalue weighted by molar-refractivity contribution is 5.84. The minimum atomic E-state index is 0.586. The van der Waals surface area contributed by atoms with Gasteiger partial charge in [-0.1, -0.05) is 0 Å². The zero-order valence-electron chi connectivity index (χ0n) is 8.21. The SMILES string of the molecule is CN1CCNC(CC2=NCCN2)C1. The first kappa shape index (κ1) is 8.97. The van der Waals surface area contributed by atoms with Gasteiger partial charge in [-0.15, -0.1) is 0 Å². The van der Waals surface area contributed by atoms with Crippen LogP contribution < -0.4 is 10.6 Å². The Hall–Kier alpha value is -0.610. The molecule has 0 aromatic rings. The number of rotatable bonds is 2. The summed E-state index contributed by atoms with van der Waals surface area (Å²) in [7, 11) is 2.18. The van der Waals surface area contributed by atoms with Crippen molar-refractivity contribution >= 4 is 5.84 Å². The molecule has 4 heteroatoms. The van der Waals surface area contributed by atoms with Crippen molar-refractivity contribution in [3.63, 3.8) is 0 Å². The third-order valence-electron chi connectivity index (χ3n) is 2.64. The molecule has 1 fully saturated rings. The number of aliphatic imine (C=N–C) groups is 1. The summed E-state index contributed by atoms with van der Waals surface area (Å²) in [4.78, 5) is 6.77. The lowest BCUT2D eigenvalue weighted by Crippen LogP contribution is -2.50. The van der Waals surface area contributed by atoms with Gasteiger partial charge in [0.15, 0.2) is 0 Å². The van der Waals surface area contributed by atoms with Gasteiger partial charge in [0.1, 0.15) is 0 Å². The Bertz CT molecular complexity index is 202. The minimum absolute atomic E-state index is 0.586. The summed E-state index contributed by atoms with van der Waals surface area (Å²) in [6, 6.07) is 0.586. The quantitative estimate of drug-likeness (QED) is 0.592. The number of nitrogens with one attached hydrogen (secondary N) is 2. The van der Waals surface area contributed by atoms with E-state index in [0.29, 0.717) is 6.04 Å². The number of piperazine rings is 1. The van der Waals surface area contributed by atoms with E-state index in [1.807, 2.05) is 0 Å². The van der Waals surface area contributed by atoms with Crippen LogP contribution in [0.3, 0.4) is 0 Å². The van der Waals surface area contributed by atoms with Crippen LogP contribution in [0.1, 0.15) is 6.42 Å². The number of hydrogen-bond donors (Lipinski definition) is 2. The van der Waals surface area contributed by atoms with Gasteiger partial charge >= 0.3 is 0 Å². The molecule has 0 bridgehead atoms. The molecule has 0 aromatic heterocycles. The van der Waals surface area contributed by atoms with Gasteiger partial charge < -0.3 is 15.5 Å². The van der Waals surface area contributed by atoms with Crippen molar-refractivity contribution in [3.05, 3.63) is 0 Å². The highest BCUT2D eigenvalue weighted by Crippen LogP contribution is 2.02. The van der Waals surface area contributed by atoms with Crippen molar-refractivity contribution < 1.29 is 0 Å². The molecule has 74 valence electrons. The van der Waals surface area contributed by atoms with Crippen molar-refractivity contribution in [2.75, 3.05) is 39.8 Å². The van der Waals surface area contributed by atoms with Crippen molar-refractivity contribution in [3.8, 4) is 0 Å². The molecule has 4 nitrogen and oxygen atoms in total. The molecule has 1 saturated heterocycles. The van der Waals surface area contributed by atoms with Crippen molar-refractivity contribution in [1.29, 1.82) is 0 Å². The Kier molecular flexibility index (Phi) is 2.80. The van der Waals surface area contributed by atoms with Gasteiger partial charge in [0, 0.05) is 38.6 Å². The van der Waals surface area contributed by atoms with Crippen LogP contribution >= 0.6 is 0 Å². The van der Waals surface area contributed by atoms with Crippen LogP contribution in [0.15, 0.2) is 4.99 Å². The van der Waals surface area contributed by atoms with Crippen molar-refractivity contribution in [1.82, 2.24) is 15.5 Å². The summed E-state index contributed by atoms with van der Waals surface area (Å²) in [6.07, 6.45) is 1.06. The molecule has 2 aliphatic heterocycles. The largest absolute Gasteiger partial charge is 0.372 e. The van der Waals surface area contributed by atoms with Crippen LogP contribution in [0.2, 0.25) is 0 Å². The second-order valence-corrected chi connectivity index (χ2v) is 3.87. The summed E-state index contributed by atoms with van der Waals surface area (Å²) >= 11 is 0. The molecule has 13 heavy (non-hydrogen) atoms. The molecule has 0 radical (unpaired) electrons. The highest BCUT2D eigenvalue weighted by Gasteiger charge is 2.18. The number of hydrogen-bond acceptors (Lipinski definition) is 4. The van der Waals surface area contributed by atoms with Crippen LogP contribution in [-0.2, 0) is 0 Å². The lowest BCUT2D eigenvalue weighted by atomic mass is 10.1. The minimum Gasteiger partial charge on any atom is -0.372 e. The van der Waals surface area contributed by atoms with Gasteiger partial charge in [0.25, 0.3) is 0 Å². The lowest BCUT2D eigenvalue weighted by Gasteiger charge is -2.30. The zero-order chi connectivity index (χ0) is 9.10. The normalized spacial score (nSPS) is 29.9. The van der Waals surface area contributed by atoms with Gasteiger partial charge in [0.2, 0.25) is 0 Å². The molecule has 0 aromatic carbocycles. The summed E-state index contributed by atoms with van der Waals surface area (Å²) in [5, 5.41) is 6.82. The van der Waals surface area contributed by atoms with E-state index in [1.165, 1.54) is 5.84 Å². The Morgan fingerprint density at radius 1 is 1.54 bits per heavy atom. The fourth-order valence-corrected chi connectivity index (χ4v) is 1.95. The van der Waals surface area contributed by atoms with Crippen LogP contribution in [0.5, 0.6) is 0 Å². The monoisotopic (exact) mass is 182 g/mol. The van der Waals surface area contributed by atoms with E-state index >= 15 is 0 Å². The number of likely N-dealkylation sites (N-methyl/N-ethyl adjacent to an activating group) is 1. The molecular weight excluding hydrogens is 164 g/mol. The van der Waals surface area contributed by atoms with Gasteiger partial charge in [-0.05, 0) is 7.05 Å². The predicted octanol–water partition coefficient (Wildman–Crippen LogP) is -0.718. The van der Waals surface area contributed by atoms with Crippen LogP contribution in [-0.4, -0.2) is 56.5 Å². The topological polar surface area (TPSA) is 39.7 Å². The fraction of sp³-hybridized carbons (Fsp3) is 0.889.